The Morgan fingerprint density at radius 3 is 2.64 bits per heavy atom. The molecule has 5 heteroatoms. The van der Waals surface area contributed by atoms with E-state index in [0.29, 0.717) is 6.61 Å². The van der Waals surface area contributed by atoms with Gasteiger partial charge in [-0.3, -0.25) is 5.43 Å². The monoisotopic (exact) mass is 162 g/mol. The SMILES string of the molecule is CC(C)OCCOC(=O)NN. The molecule has 0 fully saturated rings. The van der Waals surface area contributed by atoms with Crippen LogP contribution in [0, 0.1) is 0 Å². The van der Waals surface area contributed by atoms with E-state index in [4.69, 9.17) is 10.6 Å². The van der Waals surface area contributed by atoms with E-state index in [0.717, 1.165) is 0 Å². The lowest BCUT2D eigenvalue weighted by atomic mass is 10.5. The minimum atomic E-state index is -0.641. The Bertz CT molecular complexity index is 116. The molecule has 0 aromatic heterocycles. The second-order valence-corrected chi connectivity index (χ2v) is 2.20. The summed E-state index contributed by atoms with van der Waals surface area (Å²) in [7, 11) is 0. The lowest BCUT2D eigenvalue weighted by Gasteiger charge is -2.07. The van der Waals surface area contributed by atoms with E-state index in [-0.39, 0.29) is 12.7 Å². The summed E-state index contributed by atoms with van der Waals surface area (Å²) < 4.78 is 9.63. The fraction of sp³-hybridized carbons (Fsp3) is 0.833. The number of nitrogens with two attached hydrogens (primary N) is 1. The number of hydrazine groups is 1. The fourth-order valence-electron chi connectivity index (χ4n) is 0.460. The van der Waals surface area contributed by atoms with Gasteiger partial charge in [-0.05, 0) is 13.8 Å². The van der Waals surface area contributed by atoms with Gasteiger partial charge in [0.25, 0.3) is 0 Å². The van der Waals surface area contributed by atoms with Gasteiger partial charge in [0.2, 0.25) is 0 Å². The number of ether oxygens (including phenoxy) is 2. The largest absolute Gasteiger partial charge is 0.446 e. The van der Waals surface area contributed by atoms with Crippen molar-refractivity contribution in [3.8, 4) is 0 Å². The topological polar surface area (TPSA) is 73.6 Å². The molecule has 0 aromatic carbocycles. The molecular weight excluding hydrogens is 148 g/mol. The molecule has 0 aromatic rings. The Morgan fingerprint density at radius 1 is 1.55 bits per heavy atom. The van der Waals surface area contributed by atoms with Gasteiger partial charge >= 0.3 is 6.09 Å². The van der Waals surface area contributed by atoms with Gasteiger partial charge in [-0.1, -0.05) is 0 Å². The highest BCUT2D eigenvalue weighted by atomic mass is 16.6. The first kappa shape index (κ1) is 10.2. The minimum absolute atomic E-state index is 0.152. The first-order valence-electron chi connectivity index (χ1n) is 3.41. The molecule has 0 spiro atoms. The molecule has 0 heterocycles. The molecular formula is C6H14N2O3. The molecule has 0 saturated heterocycles. The number of amides is 1. The van der Waals surface area contributed by atoms with Crippen molar-refractivity contribution in [3.63, 3.8) is 0 Å². The van der Waals surface area contributed by atoms with Gasteiger partial charge in [-0.25, -0.2) is 10.6 Å². The third kappa shape index (κ3) is 7.08. The first-order chi connectivity index (χ1) is 5.16. The Labute approximate surface area is 65.8 Å². The molecule has 3 N–H and O–H groups in total. The Kier molecular flexibility index (Phi) is 5.50. The van der Waals surface area contributed by atoms with E-state index in [1.54, 1.807) is 0 Å². The predicted octanol–water partition coefficient (Wildman–Crippen LogP) is 0.0113. The third-order valence-corrected chi connectivity index (χ3v) is 0.886. The molecule has 11 heavy (non-hydrogen) atoms. The molecule has 0 aliphatic carbocycles. The van der Waals surface area contributed by atoms with Crippen LogP contribution in [0.25, 0.3) is 0 Å². The third-order valence-electron chi connectivity index (χ3n) is 0.886. The van der Waals surface area contributed by atoms with Crippen LogP contribution in [0.1, 0.15) is 13.8 Å². The van der Waals surface area contributed by atoms with Crippen LogP contribution in [0.4, 0.5) is 4.79 Å². The zero-order chi connectivity index (χ0) is 8.69. The van der Waals surface area contributed by atoms with Crippen molar-refractivity contribution in [2.75, 3.05) is 13.2 Å². The van der Waals surface area contributed by atoms with E-state index in [1.807, 2.05) is 19.3 Å². The Hall–Kier alpha value is -0.810. The maximum atomic E-state index is 10.3. The minimum Gasteiger partial charge on any atom is -0.446 e. The number of nitrogens with one attached hydrogen (secondary N) is 1. The second-order valence-electron chi connectivity index (χ2n) is 2.20. The molecule has 0 aliphatic heterocycles. The summed E-state index contributed by atoms with van der Waals surface area (Å²) in [6, 6.07) is 0. The van der Waals surface area contributed by atoms with Gasteiger partial charge in [0.1, 0.15) is 6.61 Å². The van der Waals surface area contributed by atoms with Gasteiger partial charge in [0.05, 0.1) is 12.7 Å². The van der Waals surface area contributed by atoms with Gasteiger partial charge < -0.3 is 9.47 Å². The van der Waals surface area contributed by atoms with Gasteiger partial charge in [0.15, 0.2) is 0 Å². The van der Waals surface area contributed by atoms with Crippen LogP contribution >= 0.6 is 0 Å². The van der Waals surface area contributed by atoms with E-state index in [2.05, 4.69) is 4.74 Å². The van der Waals surface area contributed by atoms with Crippen LogP contribution < -0.4 is 11.3 Å². The van der Waals surface area contributed by atoms with Crippen molar-refractivity contribution in [3.05, 3.63) is 0 Å². The summed E-state index contributed by atoms with van der Waals surface area (Å²) in [5, 5.41) is 0. The zero-order valence-corrected chi connectivity index (χ0v) is 6.79. The summed E-state index contributed by atoms with van der Waals surface area (Å²) in [5.41, 5.74) is 1.84. The van der Waals surface area contributed by atoms with Gasteiger partial charge in [0, 0.05) is 0 Å². The maximum Gasteiger partial charge on any atom is 0.421 e. The first-order valence-corrected chi connectivity index (χ1v) is 3.41. The van der Waals surface area contributed by atoms with Crippen LogP contribution in [-0.2, 0) is 9.47 Å². The highest BCUT2D eigenvalue weighted by molar-refractivity contribution is 5.66. The summed E-state index contributed by atoms with van der Waals surface area (Å²) >= 11 is 0. The van der Waals surface area contributed by atoms with Crippen molar-refractivity contribution in [2.45, 2.75) is 20.0 Å². The molecule has 0 unspecified atom stereocenters. The summed E-state index contributed by atoms with van der Waals surface area (Å²) in [4.78, 5) is 10.3. The van der Waals surface area contributed by atoms with Crippen LogP contribution in [0.3, 0.4) is 0 Å². The van der Waals surface area contributed by atoms with Crippen molar-refractivity contribution in [1.29, 1.82) is 0 Å². The number of carbonyl (C=O) groups is 1. The lowest BCUT2D eigenvalue weighted by molar-refractivity contribution is 0.0395. The van der Waals surface area contributed by atoms with E-state index >= 15 is 0 Å². The average molecular weight is 162 g/mol. The lowest BCUT2D eigenvalue weighted by Crippen LogP contribution is -2.31. The highest BCUT2D eigenvalue weighted by Crippen LogP contribution is 1.86. The Morgan fingerprint density at radius 2 is 2.18 bits per heavy atom. The van der Waals surface area contributed by atoms with Gasteiger partial charge in [-0.2, -0.15) is 0 Å². The fourth-order valence-corrected chi connectivity index (χ4v) is 0.460. The molecule has 0 radical (unpaired) electrons. The molecule has 0 aliphatic rings. The van der Waals surface area contributed by atoms with Crippen molar-refractivity contribution >= 4 is 6.09 Å². The number of hydrogen-bond donors (Lipinski definition) is 2. The van der Waals surface area contributed by atoms with Gasteiger partial charge in [-0.15, -0.1) is 0 Å². The molecule has 66 valence electrons. The molecule has 0 rings (SSSR count). The second kappa shape index (κ2) is 5.94. The summed E-state index contributed by atoms with van der Waals surface area (Å²) in [6.07, 6.45) is -0.489. The van der Waals surface area contributed by atoms with E-state index in [1.165, 1.54) is 0 Å². The maximum absolute atomic E-state index is 10.3. The van der Waals surface area contributed by atoms with Crippen LogP contribution in [-0.4, -0.2) is 25.4 Å². The quantitative estimate of drug-likeness (QED) is 0.264. The van der Waals surface area contributed by atoms with E-state index in [9.17, 15) is 4.79 Å². The average Bonchev–Trinajstić information content (AvgIpc) is 1.97. The van der Waals surface area contributed by atoms with Crippen molar-refractivity contribution in [2.24, 2.45) is 5.84 Å². The Balaban J connectivity index is 3.08. The van der Waals surface area contributed by atoms with E-state index < -0.39 is 6.09 Å². The van der Waals surface area contributed by atoms with Crippen LogP contribution in [0.15, 0.2) is 0 Å². The normalized spacial score (nSPS) is 9.82. The van der Waals surface area contributed by atoms with Crippen LogP contribution in [0.2, 0.25) is 0 Å². The molecule has 0 bridgehead atoms. The van der Waals surface area contributed by atoms with Crippen LogP contribution in [0.5, 0.6) is 0 Å². The molecule has 5 nitrogen and oxygen atoms in total. The standard InChI is InChI=1S/C6H14N2O3/c1-5(2)10-3-4-11-6(9)8-7/h5H,3-4,7H2,1-2H3,(H,8,9). The highest BCUT2D eigenvalue weighted by Gasteiger charge is 1.97. The van der Waals surface area contributed by atoms with Crippen molar-refractivity contribution < 1.29 is 14.3 Å². The summed E-state index contributed by atoms with van der Waals surface area (Å²) in [6.45, 7) is 4.43. The molecule has 0 saturated carbocycles. The number of carbonyl (C=O) groups excluding carboxylic acids is 1. The molecule has 0 atom stereocenters. The smallest absolute Gasteiger partial charge is 0.421 e. The molecule has 1 amide bonds. The number of hydrogen-bond acceptors (Lipinski definition) is 4. The van der Waals surface area contributed by atoms with Crippen molar-refractivity contribution in [1.82, 2.24) is 5.43 Å². The number of rotatable bonds is 4. The zero-order valence-electron chi connectivity index (χ0n) is 6.79. The summed E-state index contributed by atoms with van der Waals surface area (Å²) in [5.74, 6) is 4.75. The predicted molar refractivity (Wildman–Crippen MR) is 39.8 cm³/mol.